The van der Waals surface area contributed by atoms with E-state index in [-0.39, 0.29) is 24.8 Å². The van der Waals surface area contributed by atoms with Gasteiger partial charge in [-0.3, -0.25) is 9.59 Å². The summed E-state index contributed by atoms with van der Waals surface area (Å²) in [6, 6.07) is 12.2. The summed E-state index contributed by atoms with van der Waals surface area (Å²) >= 11 is 0. The molecular weight excluding hydrogens is 332 g/mol. The zero-order valence-corrected chi connectivity index (χ0v) is 15.0. The van der Waals surface area contributed by atoms with Crippen LogP contribution in [-0.2, 0) is 9.59 Å². The number of amides is 2. The number of benzene rings is 2. The van der Waals surface area contributed by atoms with E-state index in [9.17, 15) is 19.5 Å². The molecule has 6 nitrogen and oxygen atoms in total. The van der Waals surface area contributed by atoms with Gasteiger partial charge < -0.3 is 15.7 Å². The van der Waals surface area contributed by atoms with Crippen molar-refractivity contribution in [2.45, 2.75) is 32.7 Å². The highest BCUT2D eigenvalue weighted by Crippen LogP contribution is 2.15. The summed E-state index contributed by atoms with van der Waals surface area (Å²) < 4.78 is 0. The van der Waals surface area contributed by atoms with Crippen LogP contribution >= 0.6 is 0 Å². The van der Waals surface area contributed by atoms with Gasteiger partial charge in [0, 0.05) is 18.5 Å². The standard InChI is InChI=1S/C20H24N2O4/c1-3-13(2)18(20(25)26)22-17(23)10-11-21-19(24)16-9-8-14-6-4-5-7-15(14)12-16/h4-9,12-13,18H,3,10-11H2,1-2H3,(H,21,24)(H,22,23)(H,25,26). The van der Waals surface area contributed by atoms with Crippen molar-refractivity contribution in [3.8, 4) is 0 Å². The van der Waals surface area contributed by atoms with E-state index in [4.69, 9.17) is 0 Å². The molecule has 2 amide bonds. The minimum absolute atomic E-state index is 0.0273. The molecule has 0 aliphatic heterocycles. The summed E-state index contributed by atoms with van der Waals surface area (Å²) in [5.74, 6) is -1.87. The van der Waals surface area contributed by atoms with Crippen LogP contribution in [0.1, 0.15) is 37.0 Å². The predicted octanol–water partition coefficient (Wildman–Crippen LogP) is 2.58. The van der Waals surface area contributed by atoms with E-state index in [0.29, 0.717) is 12.0 Å². The van der Waals surface area contributed by atoms with Crippen molar-refractivity contribution < 1.29 is 19.5 Å². The number of hydrogen-bond donors (Lipinski definition) is 3. The Morgan fingerprint density at radius 2 is 1.77 bits per heavy atom. The van der Waals surface area contributed by atoms with Crippen LogP contribution in [0.15, 0.2) is 42.5 Å². The number of carbonyl (C=O) groups excluding carboxylic acids is 2. The van der Waals surface area contributed by atoms with Crippen molar-refractivity contribution >= 4 is 28.6 Å². The molecule has 2 unspecified atom stereocenters. The highest BCUT2D eigenvalue weighted by Gasteiger charge is 2.25. The van der Waals surface area contributed by atoms with Crippen LogP contribution in [0.3, 0.4) is 0 Å². The third-order valence-electron chi connectivity index (χ3n) is 4.44. The summed E-state index contributed by atoms with van der Waals surface area (Å²) in [4.78, 5) is 35.4. The first-order chi connectivity index (χ1) is 12.4. The Hall–Kier alpha value is -2.89. The van der Waals surface area contributed by atoms with Gasteiger partial charge in [-0.1, -0.05) is 50.6 Å². The van der Waals surface area contributed by atoms with Crippen molar-refractivity contribution in [1.82, 2.24) is 10.6 Å². The van der Waals surface area contributed by atoms with Crippen molar-refractivity contribution in [2.75, 3.05) is 6.54 Å². The molecule has 3 N–H and O–H groups in total. The Bertz CT molecular complexity index is 803. The second kappa shape index (κ2) is 8.99. The lowest BCUT2D eigenvalue weighted by Crippen LogP contribution is -2.45. The molecule has 0 aliphatic carbocycles. The quantitative estimate of drug-likeness (QED) is 0.677. The minimum Gasteiger partial charge on any atom is -0.480 e. The fourth-order valence-electron chi connectivity index (χ4n) is 2.65. The van der Waals surface area contributed by atoms with Gasteiger partial charge in [0.1, 0.15) is 6.04 Å². The van der Waals surface area contributed by atoms with Crippen molar-refractivity contribution in [2.24, 2.45) is 5.92 Å². The lowest BCUT2D eigenvalue weighted by atomic mass is 9.99. The highest BCUT2D eigenvalue weighted by atomic mass is 16.4. The molecule has 0 fully saturated rings. The summed E-state index contributed by atoms with van der Waals surface area (Å²) in [5, 5.41) is 16.4. The van der Waals surface area contributed by atoms with Gasteiger partial charge in [0.15, 0.2) is 0 Å². The van der Waals surface area contributed by atoms with Gasteiger partial charge in [-0.05, 0) is 28.8 Å². The Morgan fingerprint density at radius 3 is 2.42 bits per heavy atom. The van der Waals surface area contributed by atoms with Gasteiger partial charge in [-0.25, -0.2) is 4.79 Å². The summed E-state index contributed by atoms with van der Waals surface area (Å²) in [7, 11) is 0. The Labute approximate surface area is 152 Å². The number of aliphatic carboxylic acids is 1. The Kier molecular flexibility index (Phi) is 6.72. The molecule has 0 radical (unpaired) electrons. The molecule has 138 valence electrons. The SMILES string of the molecule is CCC(C)C(NC(=O)CCNC(=O)c1ccc2ccccc2c1)C(=O)O. The molecule has 2 aromatic carbocycles. The van der Waals surface area contributed by atoms with Crippen LogP contribution in [-0.4, -0.2) is 35.5 Å². The van der Waals surface area contributed by atoms with Crippen molar-refractivity contribution in [3.63, 3.8) is 0 Å². The van der Waals surface area contributed by atoms with E-state index in [1.165, 1.54) is 0 Å². The number of carboxylic acid groups (broad SMARTS) is 1. The number of nitrogens with one attached hydrogen (secondary N) is 2. The summed E-state index contributed by atoms with van der Waals surface area (Å²) in [6.45, 7) is 3.79. The fraction of sp³-hybridized carbons (Fsp3) is 0.350. The van der Waals surface area contributed by atoms with Crippen LogP contribution in [0, 0.1) is 5.92 Å². The van der Waals surface area contributed by atoms with Crippen molar-refractivity contribution in [3.05, 3.63) is 48.0 Å². The van der Waals surface area contributed by atoms with Crippen LogP contribution in [0.2, 0.25) is 0 Å². The lowest BCUT2D eigenvalue weighted by molar-refractivity contribution is -0.143. The normalized spacial score (nSPS) is 13.0. The predicted molar refractivity (Wildman–Crippen MR) is 99.9 cm³/mol. The molecule has 0 spiro atoms. The lowest BCUT2D eigenvalue weighted by Gasteiger charge is -2.20. The first-order valence-electron chi connectivity index (χ1n) is 8.71. The second-order valence-corrected chi connectivity index (χ2v) is 6.34. The molecule has 0 heterocycles. The average molecular weight is 356 g/mol. The number of fused-ring (bicyclic) bond motifs is 1. The van der Waals surface area contributed by atoms with Gasteiger partial charge >= 0.3 is 5.97 Å². The molecule has 2 atom stereocenters. The third kappa shape index (κ3) is 5.05. The number of carbonyl (C=O) groups is 3. The maximum absolute atomic E-state index is 12.2. The first kappa shape index (κ1) is 19.4. The largest absolute Gasteiger partial charge is 0.480 e. The average Bonchev–Trinajstić information content (AvgIpc) is 2.64. The summed E-state index contributed by atoms with van der Waals surface area (Å²) in [5.41, 5.74) is 0.520. The maximum Gasteiger partial charge on any atom is 0.326 e. The van der Waals surface area contributed by atoms with Crippen LogP contribution < -0.4 is 10.6 Å². The van der Waals surface area contributed by atoms with E-state index in [2.05, 4.69) is 10.6 Å². The van der Waals surface area contributed by atoms with E-state index >= 15 is 0 Å². The third-order valence-corrected chi connectivity index (χ3v) is 4.44. The zero-order valence-electron chi connectivity index (χ0n) is 15.0. The van der Waals surface area contributed by atoms with Gasteiger partial charge in [0.05, 0.1) is 0 Å². The monoisotopic (exact) mass is 356 g/mol. The Balaban J connectivity index is 1.86. The number of hydrogen-bond acceptors (Lipinski definition) is 3. The molecule has 26 heavy (non-hydrogen) atoms. The highest BCUT2D eigenvalue weighted by molar-refractivity contribution is 5.98. The van der Waals surface area contributed by atoms with Crippen LogP contribution in [0.4, 0.5) is 0 Å². The molecule has 0 saturated heterocycles. The fourth-order valence-corrected chi connectivity index (χ4v) is 2.65. The van der Waals surface area contributed by atoms with E-state index in [1.807, 2.05) is 37.3 Å². The molecule has 2 rings (SSSR count). The smallest absolute Gasteiger partial charge is 0.326 e. The first-order valence-corrected chi connectivity index (χ1v) is 8.71. The van der Waals surface area contributed by atoms with Gasteiger partial charge in [-0.2, -0.15) is 0 Å². The minimum atomic E-state index is -1.05. The van der Waals surface area contributed by atoms with Crippen LogP contribution in [0.5, 0.6) is 0 Å². The zero-order chi connectivity index (χ0) is 19.1. The molecular formula is C20H24N2O4. The Morgan fingerprint density at radius 1 is 1.08 bits per heavy atom. The molecule has 0 aliphatic rings. The van der Waals surface area contributed by atoms with Gasteiger partial charge in [-0.15, -0.1) is 0 Å². The molecule has 0 aromatic heterocycles. The van der Waals surface area contributed by atoms with Gasteiger partial charge in [0.2, 0.25) is 5.91 Å². The molecule has 0 saturated carbocycles. The number of carboxylic acids is 1. The van der Waals surface area contributed by atoms with Gasteiger partial charge in [0.25, 0.3) is 5.91 Å². The van der Waals surface area contributed by atoms with E-state index in [1.54, 1.807) is 19.1 Å². The van der Waals surface area contributed by atoms with Crippen LogP contribution in [0.25, 0.3) is 10.8 Å². The molecule has 6 heteroatoms. The summed E-state index contributed by atoms with van der Waals surface area (Å²) in [6.07, 6.45) is 0.676. The molecule has 2 aromatic rings. The second-order valence-electron chi connectivity index (χ2n) is 6.34. The number of rotatable bonds is 8. The maximum atomic E-state index is 12.2. The van der Waals surface area contributed by atoms with E-state index < -0.39 is 17.9 Å². The topological polar surface area (TPSA) is 95.5 Å². The van der Waals surface area contributed by atoms with E-state index in [0.717, 1.165) is 10.8 Å². The molecule has 0 bridgehead atoms. The van der Waals surface area contributed by atoms with Crippen molar-refractivity contribution in [1.29, 1.82) is 0 Å².